The Morgan fingerprint density at radius 3 is 2.29 bits per heavy atom. The van der Waals surface area contributed by atoms with E-state index in [1.165, 1.54) is 24.0 Å². The van der Waals surface area contributed by atoms with E-state index in [4.69, 9.17) is 4.74 Å². The maximum atomic E-state index is 13.0. The lowest BCUT2D eigenvalue weighted by Crippen LogP contribution is -2.42. The van der Waals surface area contributed by atoms with Gasteiger partial charge in [-0.1, -0.05) is 32.0 Å². The van der Waals surface area contributed by atoms with Crippen molar-refractivity contribution in [1.29, 1.82) is 0 Å². The van der Waals surface area contributed by atoms with Crippen LogP contribution >= 0.6 is 0 Å². The molecule has 1 amide bonds. The molecule has 2 aliphatic heterocycles. The number of ether oxygens (including phenoxy) is 1. The van der Waals surface area contributed by atoms with Crippen molar-refractivity contribution in [3.8, 4) is 5.75 Å². The Kier molecular flexibility index (Phi) is 7.33. The molecule has 2 heterocycles. The van der Waals surface area contributed by atoms with Crippen molar-refractivity contribution in [3.05, 3.63) is 59.7 Å². The van der Waals surface area contributed by atoms with Crippen LogP contribution in [0.5, 0.6) is 5.75 Å². The number of carbonyl (C=O) groups excluding carboxylic acids is 1. The van der Waals surface area contributed by atoms with Crippen molar-refractivity contribution in [2.75, 3.05) is 39.0 Å². The molecule has 34 heavy (non-hydrogen) atoms. The second-order valence-electron chi connectivity index (χ2n) is 10.4. The fraction of sp³-hybridized carbons (Fsp3) is 0.519. The highest BCUT2D eigenvalue weighted by Crippen LogP contribution is 2.41. The summed E-state index contributed by atoms with van der Waals surface area (Å²) >= 11 is 0. The van der Waals surface area contributed by atoms with Crippen LogP contribution in [0.15, 0.2) is 53.4 Å². The number of likely N-dealkylation sites (tertiary alicyclic amines) is 2. The molecule has 2 aromatic rings. The van der Waals surface area contributed by atoms with Crippen molar-refractivity contribution < 1.29 is 17.9 Å². The lowest BCUT2D eigenvalue weighted by Gasteiger charge is -2.39. The van der Waals surface area contributed by atoms with E-state index < -0.39 is 9.84 Å². The van der Waals surface area contributed by atoms with Crippen molar-refractivity contribution in [3.63, 3.8) is 0 Å². The normalized spacial score (nSPS) is 18.5. The van der Waals surface area contributed by atoms with Crippen molar-refractivity contribution in [1.82, 2.24) is 9.80 Å². The number of rotatable bonds is 7. The monoisotopic (exact) mass is 484 g/mol. The standard InChI is InChI=1S/C27H36N2O4S/c1-21(2)19-33-25-7-5-4-6-23(25)18-28-15-12-27(13-16-28)14-17-29(20-27)26(30)22-8-10-24(11-9-22)34(3,31)32/h4-11,21H,12-20H2,1-3H3. The van der Waals surface area contributed by atoms with Crippen LogP contribution in [0.25, 0.3) is 0 Å². The smallest absolute Gasteiger partial charge is 0.253 e. The second kappa shape index (κ2) is 10.1. The van der Waals surface area contributed by atoms with Gasteiger partial charge in [-0.25, -0.2) is 8.42 Å². The molecule has 0 unspecified atom stereocenters. The average Bonchev–Trinajstić information content (AvgIpc) is 3.23. The molecule has 0 N–H and O–H groups in total. The molecular weight excluding hydrogens is 448 g/mol. The molecule has 0 aliphatic carbocycles. The highest BCUT2D eigenvalue weighted by atomic mass is 32.2. The summed E-state index contributed by atoms with van der Waals surface area (Å²) in [6.45, 7) is 9.51. The average molecular weight is 485 g/mol. The highest BCUT2D eigenvalue weighted by molar-refractivity contribution is 7.90. The quantitative estimate of drug-likeness (QED) is 0.588. The zero-order valence-electron chi connectivity index (χ0n) is 20.5. The summed E-state index contributed by atoms with van der Waals surface area (Å²) in [5.74, 6) is 1.47. The molecule has 2 aromatic carbocycles. The third kappa shape index (κ3) is 5.81. The number of para-hydroxylation sites is 1. The van der Waals surface area contributed by atoms with E-state index in [1.807, 2.05) is 11.0 Å². The maximum absolute atomic E-state index is 13.0. The van der Waals surface area contributed by atoms with Crippen LogP contribution in [-0.4, -0.2) is 63.2 Å². The number of hydrogen-bond acceptors (Lipinski definition) is 5. The van der Waals surface area contributed by atoms with Gasteiger partial charge < -0.3 is 9.64 Å². The van der Waals surface area contributed by atoms with E-state index in [0.717, 1.165) is 64.3 Å². The summed E-state index contributed by atoms with van der Waals surface area (Å²) in [6.07, 6.45) is 4.37. The van der Waals surface area contributed by atoms with Gasteiger partial charge in [0.2, 0.25) is 0 Å². The van der Waals surface area contributed by atoms with Gasteiger partial charge in [0.05, 0.1) is 11.5 Å². The predicted octanol–water partition coefficient (Wildman–Crippen LogP) is 4.25. The zero-order valence-corrected chi connectivity index (χ0v) is 21.3. The Hall–Kier alpha value is -2.38. The molecule has 0 atom stereocenters. The first-order valence-corrected chi connectivity index (χ1v) is 14.1. The SMILES string of the molecule is CC(C)COc1ccccc1CN1CCC2(CC1)CCN(C(=O)c1ccc(S(C)(=O)=O)cc1)C2. The molecule has 2 aliphatic rings. The summed E-state index contributed by atoms with van der Waals surface area (Å²) in [6, 6.07) is 14.6. The van der Waals surface area contributed by atoms with Crippen LogP contribution in [0.4, 0.5) is 0 Å². The van der Waals surface area contributed by atoms with E-state index in [-0.39, 0.29) is 16.2 Å². The van der Waals surface area contributed by atoms with E-state index in [9.17, 15) is 13.2 Å². The molecule has 0 saturated carbocycles. The Labute approximate surface area is 203 Å². The Morgan fingerprint density at radius 1 is 1.00 bits per heavy atom. The van der Waals surface area contributed by atoms with E-state index in [2.05, 4.69) is 36.9 Å². The van der Waals surface area contributed by atoms with Crippen molar-refractivity contribution in [2.24, 2.45) is 11.3 Å². The zero-order chi connectivity index (χ0) is 24.3. The number of hydrogen-bond donors (Lipinski definition) is 0. The minimum absolute atomic E-state index is 0.00409. The van der Waals surface area contributed by atoms with Gasteiger partial charge in [-0.05, 0) is 74.0 Å². The summed E-state index contributed by atoms with van der Waals surface area (Å²) < 4.78 is 29.4. The van der Waals surface area contributed by atoms with Crippen LogP contribution in [-0.2, 0) is 16.4 Å². The van der Waals surface area contributed by atoms with Gasteiger partial charge in [0.15, 0.2) is 9.84 Å². The second-order valence-corrected chi connectivity index (χ2v) is 12.4. The fourth-order valence-corrected chi connectivity index (χ4v) is 5.63. The van der Waals surface area contributed by atoms with E-state index in [1.54, 1.807) is 12.1 Å². The summed E-state index contributed by atoms with van der Waals surface area (Å²) in [5, 5.41) is 0. The third-order valence-electron chi connectivity index (χ3n) is 7.11. The molecule has 2 fully saturated rings. The van der Waals surface area contributed by atoms with E-state index in [0.29, 0.717) is 11.5 Å². The van der Waals surface area contributed by atoms with Gasteiger partial charge in [-0.15, -0.1) is 0 Å². The molecule has 184 valence electrons. The molecule has 0 aromatic heterocycles. The number of sulfone groups is 1. The molecular formula is C27H36N2O4S. The van der Waals surface area contributed by atoms with Gasteiger partial charge in [-0.3, -0.25) is 9.69 Å². The third-order valence-corrected chi connectivity index (χ3v) is 8.24. The molecule has 0 bridgehead atoms. The highest BCUT2D eigenvalue weighted by Gasteiger charge is 2.42. The summed E-state index contributed by atoms with van der Waals surface area (Å²) in [5.41, 5.74) is 1.98. The molecule has 1 spiro atoms. The maximum Gasteiger partial charge on any atom is 0.253 e. The van der Waals surface area contributed by atoms with E-state index >= 15 is 0 Å². The van der Waals surface area contributed by atoms with Crippen molar-refractivity contribution >= 4 is 15.7 Å². The Morgan fingerprint density at radius 2 is 1.65 bits per heavy atom. The van der Waals surface area contributed by atoms with Crippen molar-refractivity contribution in [2.45, 2.75) is 44.6 Å². The fourth-order valence-electron chi connectivity index (χ4n) is 5.00. The number of benzene rings is 2. The number of piperidine rings is 1. The topological polar surface area (TPSA) is 66.9 Å². The molecule has 6 nitrogen and oxygen atoms in total. The van der Waals surface area contributed by atoms with Crippen LogP contribution in [0.3, 0.4) is 0 Å². The van der Waals surface area contributed by atoms with Gasteiger partial charge in [0, 0.05) is 37.0 Å². The minimum atomic E-state index is -3.26. The Bertz CT molecular complexity index is 1100. The lowest BCUT2D eigenvalue weighted by molar-refractivity contribution is 0.0712. The van der Waals surface area contributed by atoms with Crippen LogP contribution in [0.2, 0.25) is 0 Å². The predicted molar refractivity (Wildman–Crippen MR) is 134 cm³/mol. The first-order chi connectivity index (χ1) is 16.2. The van der Waals surface area contributed by atoms with Gasteiger partial charge in [0.1, 0.15) is 5.75 Å². The number of amides is 1. The molecule has 2 saturated heterocycles. The van der Waals surface area contributed by atoms with Gasteiger partial charge in [-0.2, -0.15) is 0 Å². The van der Waals surface area contributed by atoms with Gasteiger partial charge >= 0.3 is 0 Å². The molecule has 7 heteroatoms. The van der Waals surface area contributed by atoms with Crippen LogP contribution in [0.1, 0.15) is 49.0 Å². The summed E-state index contributed by atoms with van der Waals surface area (Å²) in [7, 11) is -3.26. The Balaban J connectivity index is 1.33. The first kappa shape index (κ1) is 24.7. The summed E-state index contributed by atoms with van der Waals surface area (Å²) in [4.78, 5) is 17.7. The first-order valence-electron chi connectivity index (χ1n) is 12.2. The molecule has 0 radical (unpaired) electrons. The van der Waals surface area contributed by atoms with Crippen LogP contribution < -0.4 is 4.74 Å². The number of nitrogens with zero attached hydrogens (tertiary/aromatic N) is 2. The molecule has 4 rings (SSSR count). The van der Waals surface area contributed by atoms with Crippen LogP contribution in [0, 0.1) is 11.3 Å². The largest absolute Gasteiger partial charge is 0.493 e. The number of carbonyl (C=O) groups is 1. The van der Waals surface area contributed by atoms with Gasteiger partial charge in [0.25, 0.3) is 5.91 Å². The lowest BCUT2D eigenvalue weighted by atomic mass is 9.77. The minimum Gasteiger partial charge on any atom is -0.493 e.